The van der Waals surface area contributed by atoms with E-state index in [9.17, 15) is 87.3 Å². The van der Waals surface area contributed by atoms with E-state index in [2.05, 4.69) is 63.5 Å². The summed E-state index contributed by atoms with van der Waals surface area (Å²) in [6, 6.07) is 1.39. The van der Waals surface area contributed by atoms with Crippen LogP contribution < -0.4 is 75.7 Å². The molecule has 0 aliphatic carbocycles. The molecule has 0 spiro atoms. The lowest BCUT2D eigenvalue weighted by Crippen LogP contribution is -2.61. The molecular formula is C68H89FN18O17S2. The first-order chi connectivity index (χ1) is 50.4. The first-order valence-electron chi connectivity index (χ1n) is 34.0. The number of rotatable bonds is 24. The molecule has 0 radical (unpaired) electrons. The highest BCUT2D eigenvalue weighted by molar-refractivity contribution is 8.76. The smallest absolute Gasteiger partial charge is 0.303 e. The Kier molecular flexibility index (Phi) is 32.8. The van der Waals surface area contributed by atoms with Crippen molar-refractivity contribution in [1.82, 2.24) is 68.4 Å². The van der Waals surface area contributed by atoms with Gasteiger partial charge in [0.15, 0.2) is 5.96 Å². The average molecular weight is 1510 g/mol. The number of hydrogen-bond acceptors (Lipinski definition) is 20. The number of benzene rings is 3. The molecule has 0 bridgehead atoms. The highest BCUT2D eigenvalue weighted by Gasteiger charge is 2.39. The predicted molar refractivity (Wildman–Crippen MR) is 384 cm³/mol. The Morgan fingerprint density at radius 3 is 1.96 bits per heavy atom. The molecule has 106 heavy (non-hydrogen) atoms. The number of carbonyl (C=O) groups is 14. The number of halogens is 1. The molecule has 3 aromatic carbocycles. The Bertz CT molecular complexity index is 3920. The number of nitrogens with zero attached hydrogens (tertiary/aromatic N) is 2. The highest BCUT2D eigenvalue weighted by atomic mass is 33.1. The van der Waals surface area contributed by atoms with Gasteiger partial charge in [0.2, 0.25) is 70.9 Å². The van der Waals surface area contributed by atoms with Crippen LogP contribution in [-0.2, 0) is 86.4 Å². The Morgan fingerprint density at radius 2 is 1.33 bits per heavy atom. The van der Waals surface area contributed by atoms with Crippen LogP contribution in [0.2, 0.25) is 0 Å². The quantitative estimate of drug-likeness (QED) is 0.0151. The zero-order valence-corrected chi connectivity index (χ0v) is 59.7. The number of aliphatic carboxylic acids is 2. The van der Waals surface area contributed by atoms with E-state index in [-0.39, 0.29) is 79.6 Å². The van der Waals surface area contributed by atoms with Crippen LogP contribution in [0.25, 0.3) is 10.9 Å². The van der Waals surface area contributed by atoms with Crippen LogP contribution in [0.5, 0.6) is 5.75 Å². The maximum Gasteiger partial charge on any atom is 0.303 e. The van der Waals surface area contributed by atoms with Gasteiger partial charge in [-0.25, -0.2) is 4.39 Å². The number of carboxylic acid groups (broad SMARTS) is 2. The summed E-state index contributed by atoms with van der Waals surface area (Å²) < 4.78 is 14.8. The standard InChI is InChI=1S/C68H89FN18O17S2/c1-35(2)57-67(104)83-48(28-37-7-3-4-8-38(37)31-71)63(100)79-44(9-5-24-76-68(73)74)59(96)75-25-22-53(89)78-45(17-19-55(91)92)60(97)81-49(29-39-32-77-43-16-13-40(69)30-42(39)43)64(101)80-46(18-20-56(93)94)61(98)84-50(58(72)95)33-105-106-34-51(65(102)86-57)85-62(99)47(27-36-11-14-41(88)15-12-36)82-66(103)52-10-6-26-87(52)54(90)21-23-70/h3-4,7-8,11-16,30,32,35,44-52,57,77,88H,5-6,9-10,17-29,33-34,70H2,1-2H3,(H2,72,95)(H,75,96)(H,78,89)(H,79,100)(H,80,101)(H,81,97)(H,82,103)(H,83,104)(H,84,98)(H,85,99)(H,86,102)(H,91,92)(H,93,94)(H4,73,74,76)/t44-,45-,46-,47-,48-,49-,50-,51-,52-,57-/m0/s1. The zero-order valence-electron chi connectivity index (χ0n) is 58.1. The third kappa shape index (κ3) is 26.3. The molecule has 12 amide bonds. The number of likely N-dealkylation sites (tertiary alicyclic amines) is 1. The number of guanidine groups is 1. The number of aromatic amines is 1. The maximum atomic E-state index is 15.1. The summed E-state index contributed by atoms with van der Waals surface area (Å²) in [4.78, 5) is 200. The number of phenols is 1. The van der Waals surface area contributed by atoms with Gasteiger partial charge < -0.3 is 101 Å². The van der Waals surface area contributed by atoms with E-state index in [4.69, 9.17) is 22.6 Å². The van der Waals surface area contributed by atoms with Gasteiger partial charge in [-0.15, -0.1) is 0 Å². The summed E-state index contributed by atoms with van der Waals surface area (Å²) in [5, 5.41) is 75.8. The van der Waals surface area contributed by atoms with E-state index < -0.39 is 224 Å². The lowest BCUT2D eigenvalue weighted by Gasteiger charge is -2.29. The van der Waals surface area contributed by atoms with Crippen LogP contribution in [0.3, 0.4) is 0 Å². The molecule has 38 heteroatoms. The van der Waals surface area contributed by atoms with Gasteiger partial charge >= 0.3 is 11.9 Å². The summed E-state index contributed by atoms with van der Waals surface area (Å²) in [5.74, 6) is -17.6. The molecule has 22 N–H and O–H groups in total. The van der Waals surface area contributed by atoms with Gasteiger partial charge in [0.1, 0.15) is 72.0 Å². The van der Waals surface area contributed by atoms with Crippen molar-refractivity contribution in [1.29, 1.82) is 10.7 Å². The first-order valence-corrected chi connectivity index (χ1v) is 36.5. The van der Waals surface area contributed by atoms with Gasteiger partial charge in [-0.05, 0) is 97.5 Å². The molecule has 6 rings (SSSR count). The number of carboxylic acids is 2. The molecule has 10 atom stereocenters. The van der Waals surface area contributed by atoms with Crippen molar-refractivity contribution in [2.75, 3.05) is 37.7 Å². The number of nitrogens with one attached hydrogen (secondary N) is 13. The van der Waals surface area contributed by atoms with Crippen LogP contribution in [-0.4, -0.2) is 212 Å². The molecule has 4 aromatic rings. The first kappa shape index (κ1) is 83.9. The third-order valence-corrected chi connectivity index (χ3v) is 19.6. The van der Waals surface area contributed by atoms with E-state index in [1.54, 1.807) is 12.1 Å². The lowest BCUT2D eigenvalue weighted by atomic mass is 9.98. The minimum atomic E-state index is -1.83. The summed E-state index contributed by atoms with van der Waals surface area (Å²) in [5.41, 5.74) is 18.4. The topological polar surface area (TPSA) is 577 Å². The zero-order chi connectivity index (χ0) is 77.7. The van der Waals surface area contributed by atoms with Crippen molar-refractivity contribution in [3.63, 3.8) is 0 Å². The van der Waals surface area contributed by atoms with Crippen molar-refractivity contribution in [2.45, 2.75) is 158 Å². The second-order valence-electron chi connectivity index (χ2n) is 25.5. The van der Waals surface area contributed by atoms with Crippen LogP contribution in [0.4, 0.5) is 4.39 Å². The van der Waals surface area contributed by atoms with Crippen LogP contribution in [0, 0.1) is 28.5 Å². The van der Waals surface area contributed by atoms with E-state index in [1.165, 1.54) is 67.4 Å². The van der Waals surface area contributed by atoms with Crippen LogP contribution >= 0.6 is 21.6 Å². The fourth-order valence-electron chi connectivity index (χ4n) is 11.5. The molecule has 35 nitrogen and oxygen atoms in total. The van der Waals surface area contributed by atoms with E-state index in [1.807, 2.05) is 6.07 Å². The Hall–Kier alpha value is -11.1. The Balaban J connectivity index is 1.43. The van der Waals surface area contributed by atoms with Gasteiger partial charge in [0.05, 0.1) is 11.6 Å². The number of aromatic hydroxyl groups is 1. The third-order valence-electron chi connectivity index (χ3n) is 17.2. The van der Waals surface area contributed by atoms with Crippen LogP contribution in [0.1, 0.15) is 100 Å². The van der Waals surface area contributed by atoms with Gasteiger partial charge in [-0.3, -0.25) is 72.5 Å². The average Bonchev–Trinajstić information content (AvgIpc) is 1.65. The monoisotopic (exact) mass is 1510 g/mol. The van der Waals surface area contributed by atoms with Crippen molar-refractivity contribution < 1.29 is 86.8 Å². The minimum Gasteiger partial charge on any atom is -0.508 e. The number of hydrogen-bond donors (Lipinski definition) is 19. The number of carbonyl (C=O) groups excluding carboxylic acids is 12. The molecule has 572 valence electrons. The van der Waals surface area contributed by atoms with E-state index in [0.717, 1.165) is 33.7 Å². The molecule has 1 aromatic heterocycles. The van der Waals surface area contributed by atoms with Gasteiger partial charge in [0.25, 0.3) is 0 Å². The second-order valence-corrected chi connectivity index (χ2v) is 28.0. The maximum absolute atomic E-state index is 15.1. The fraction of sp³-hybridized carbons (Fsp3) is 0.471. The normalized spacial score (nSPS) is 21.9. The molecule has 0 saturated carbocycles. The number of aromatic nitrogens is 1. The number of amides is 12. The molecule has 3 heterocycles. The molecule has 0 unspecified atom stereocenters. The van der Waals surface area contributed by atoms with Crippen molar-refractivity contribution in [3.8, 4) is 11.8 Å². The summed E-state index contributed by atoms with van der Waals surface area (Å²) >= 11 is 0. The number of H-pyrrole nitrogens is 1. The van der Waals surface area contributed by atoms with Crippen molar-refractivity contribution in [2.24, 2.45) is 23.1 Å². The number of primary amides is 1. The molecular weight excluding hydrogens is 1420 g/mol. The number of fused-ring (bicyclic) bond motifs is 1. The van der Waals surface area contributed by atoms with E-state index in [0.29, 0.717) is 17.5 Å². The highest BCUT2D eigenvalue weighted by Crippen LogP contribution is 2.26. The number of nitriles is 1. The SMILES string of the molecule is CC(C)[C@@H]1NC(=O)[C@@H](NC(=O)[C@H](Cc2ccc(O)cc2)NC(=O)[C@@H]2CCCN2C(=O)CCN)CSSC[C@@H](C(N)=O)NC(=O)[C@H](CCC(=O)O)NC(=O)[C@H](Cc2c[nH]c3ccc(F)cc23)NC(=O)[C@H](CCC(=O)O)NC(=O)CCNC(=O)[C@H](CCCNC(=N)N)NC(=O)[C@H](Cc2ccccc2C#N)NC1=O. The Morgan fingerprint density at radius 1 is 0.726 bits per heavy atom. The summed E-state index contributed by atoms with van der Waals surface area (Å²) in [7, 11) is 1.61. The fourth-order valence-corrected chi connectivity index (χ4v) is 13.9. The summed E-state index contributed by atoms with van der Waals surface area (Å²) in [6.45, 7) is 2.77. The van der Waals surface area contributed by atoms with Gasteiger partial charge in [-0.1, -0.05) is 65.8 Å². The van der Waals surface area contributed by atoms with Crippen molar-refractivity contribution >= 4 is 121 Å². The largest absolute Gasteiger partial charge is 0.508 e. The molecule has 2 aliphatic heterocycles. The van der Waals surface area contributed by atoms with Gasteiger partial charge in [-0.2, -0.15) is 5.26 Å². The number of phenolic OH excluding ortho intramolecular Hbond substituents is 1. The van der Waals surface area contributed by atoms with E-state index >= 15 is 4.79 Å². The minimum absolute atomic E-state index is 0.00336. The lowest BCUT2D eigenvalue weighted by molar-refractivity contribution is -0.139. The van der Waals surface area contributed by atoms with Gasteiger partial charge in [0, 0.05) is 99.7 Å². The van der Waals surface area contributed by atoms with Crippen molar-refractivity contribution in [3.05, 3.63) is 101 Å². The van der Waals surface area contributed by atoms with Crippen LogP contribution in [0.15, 0.2) is 72.9 Å². The molecule has 2 saturated heterocycles. The predicted octanol–water partition coefficient (Wildman–Crippen LogP) is -2.35. The Labute approximate surface area is 615 Å². The second kappa shape index (κ2) is 41.4. The molecule has 2 fully saturated rings. The summed E-state index contributed by atoms with van der Waals surface area (Å²) in [6.07, 6.45) is -2.69. The number of nitrogens with two attached hydrogens (primary N) is 3. The molecule has 2 aliphatic rings.